The van der Waals surface area contributed by atoms with E-state index in [2.05, 4.69) is 13.8 Å². The topological polar surface area (TPSA) is 40.5 Å². The molecule has 1 amide bonds. The predicted octanol–water partition coefficient (Wildman–Crippen LogP) is 2.05. The lowest BCUT2D eigenvalue weighted by atomic mass is 10.1. The van der Waals surface area contributed by atoms with Crippen molar-refractivity contribution in [3.63, 3.8) is 0 Å². The molecule has 0 aromatic rings. The number of hydroxylamine groups is 2. The van der Waals surface area contributed by atoms with E-state index in [1.54, 1.807) is 6.92 Å². The fourth-order valence-corrected chi connectivity index (χ4v) is 0.854. The minimum atomic E-state index is -0.196. The largest absolute Gasteiger partial charge is 0.286 e. The fourth-order valence-electron chi connectivity index (χ4n) is 0.854. The van der Waals surface area contributed by atoms with Crippen molar-refractivity contribution in [1.29, 1.82) is 0 Å². The molecule has 0 aliphatic heterocycles. The van der Waals surface area contributed by atoms with Gasteiger partial charge in [0.15, 0.2) is 0 Å². The summed E-state index contributed by atoms with van der Waals surface area (Å²) in [5.74, 6) is 0.377. The van der Waals surface area contributed by atoms with E-state index < -0.39 is 0 Å². The summed E-state index contributed by atoms with van der Waals surface area (Å²) in [7, 11) is 0. The Bertz CT molecular complexity index is 136. The summed E-state index contributed by atoms with van der Waals surface area (Å²) in [6, 6.07) is 0. The van der Waals surface area contributed by atoms with Crippen LogP contribution in [0.4, 0.5) is 0 Å². The van der Waals surface area contributed by atoms with Gasteiger partial charge in [-0.05, 0) is 12.3 Å². The van der Waals surface area contributed by atoms with Crippen molar-refractivity contribution in [2.45, 2.75) is 40.0 Å². The maximum Gasteiger partial charge on any atom is 0.245 e. The Labute approximate surface area is 74.3 Å². The van der Waals surface area contributed by atoms with Crippen molar-refractivity contribution in [2.75, 3.05) is 6.54 Å². The number of amides is 1. The molecule has 0 saturated heterocycles. The standard InChI is InChI=1S/C9H19NO2/c1-4-8(3)6-7-10(12)9(11)5-2/h8,12H,4-7H2,1-3H3. The number of carbonyl (C=O) groups is 1. The zero-order chi connectivity index (χ0) is 9.56. The van der Waals surface area contributed by atoms with Crippen LogP contribution in [-0.2, 0) is 4.79 Å². The van der Waals surface area contributed by atoms with Crippen LogP contribution in [0.2, 0.25) is 0 Å². The van der Waals surface area contributed by atoms with Gasteiger partial charge in [-0.15, -0.1) is 0 Å². The molecule has 0 saturated carbocycles. The number of rotatable bonds is 5. The van der Waals surface area contributed by atoms with Gasteiger partial charge in [-0.1, -0.05) is 27.2 Å². The Kier molecular flexibility index (Phi) is 5.72. The molecule has 0 aromatic heterocycles. The monoisotopic (exact) mass is 173 g/mol. The van der Waals surface area contributed by atoms with Crippen LogP contribution < -0.4 is 0 Å². The lowest BCUT2D eigenvalue weighted by Gasteiger charge is -2.15. The average molecular weight is 173 g/mol. The highest BCUT2D eigenvalue weighted by Crippen LogP contribution is 2.06. The zero-order valence-corrected chi connectivity index (χ0v) is 8.21. The molecule has 1 atom stereocenters. The first kappa shape index (κ1) is 11.4. The first-order valence-corrected chi connectivity index (χ1v) is 4.61. The molecule has 0 radical (unpaired) electrons. The fraction of sp³-hybridized carbons (Fsp3) is 0.889. The number of hydrogen-bond acceptors (Lipinski definition) is 2. The van der Waals surface area contributed by atoms with Crippen molar-refractivity contribution < 1.29 is 10.0 Å². The van der Waals surface area contributed by atoms with Crippen LogP contribution in [0.15, 0.2) is 0 Å². The number of hydrogen-bond donors (Lipinski definition) is 1. The molecule has 1 N–H and O–H groups in total. The van der Waals surface area contributed by atoms with E-state index in [4.69, 9.17) is 5.21 Å². The number of nitrogens with zero attached hydrogens (tertiary/aromatic N) is 1. The van der Waals surface area contributed by atoms with Crippen molar-refractivity contribution in [1.82, 2.24) is 5.06 Å². The van der Waals surface area contributed by atoms with E-state index >= 15 is 0 Å². The van der Waals surface area contributed by atoms with Crippen molar-refractivity contribution >= 4 is 5.91 Å². The second-order valence-electron chi connectivity index (χ2n) is 3.17. The molecule has 0 rings (SSSR count). The lowest BCUT2D eigenvalue weighted by molar-refractivity contribution is -0.165. The van der Waals surface area contributed by atoms with Gasteiger partial charge in [-0.25, -0.2) is 5.06 Å². The predicted molar refractivity (Wildman–Crippen MR) is 47.9 cm³/mol. The van der Waals surface area contributed by atoms with Crippen LogP contribution in [0.3, 0.4) is 0 Å². The third-order valence-electron chi connectivity index (χ3n) is 2.12. The van der Waals surface area contributed by atoms with E-state index in [9.17, 15) is 4.79 Å². The number of carbonyl (C=O) groups excluding carboxylic acids is 1. The summed E-state index contributed by atoms with van der Waals surface area (Å²) in [5, 5.41) is 9.97. The van der Waals surface area contributed by atoms with E-state index in [0.717, 1.165) is 17.9 Å². The van der Waals surface area contributed by atoms with E-state index in [-0.39, 0.29) is 5.91 Å². The van der Waals surface area contributed by atoms with Crippen LogP contribution in [0, 0.1) is 5.92 Å². The van der Waals surface area contributed by atoms with Crippen molar-refractivity contribution in [3.8, 4) is 0 Å². The summed E-state index contributed by atoms with van der Waals surface area (Å²) >= 11 is 0. The zero-order valence-electron chi connectivity index (χ0n) is 8.21. The Morgan fingerprint density at radius 3 is 2.50 bits per heavy atom. The summed E-state index contributed by atoms with van der Waals surface area (Å²) in [4.78, 5) is 10.9. The van der Waals surface area contributed by atoms with Gasteiger partial charge in [-0.3, -0.25) is 10.0 Å². The molecule has 1 unspecified atom stereocenters. The molecule has 72 valence electrons. The molecule has 0 bridgehead atoms. The Hall–Kier alpha value is -0.570. The van der Waals surface area contributed by atoms with Crippen LogP contribution in [0.25, 0.3) is 0 Å². The molecule has 0 heterocycles. The third-order valence-corrected chi connectivity index (χ3v) is 2.12. The van der Waals surface area contributed by atoms with Crippen LogP contribution in [-0.4, -0.2) is 22.7 Å². The quantitative estimate of drug-likeness (QED) is 0.510. The summed E-state index contributed by atoms with van der Waals surface area (Å²) in [5.41, 5.74) is 0. The van der Waals surface area contributed by atoms with Gasteiger partial charge in [0.2, 0.25) is 5.91 Å². The molecule has 3 heteroatoms. The van der Waals surface area contributed by atoms with Gasteiger partial charge in [0.25, 0.3) is 0 Å². The van der Waals surface area contributed by atoms with Gasteiger partial charge in [0.1, 0.15) is 0 Å². The Morgan fingerprint density at radius 1 is 1.50 bits per heavy atom. The summed E-state index contributed by atoms with van der Waals surface area (Å²) in [6.07, 6.45) is 2.34. The van der Waals surface area contributed by atoms with Gasteiger partial charge in [0.05, 0.1) is 0 Å². The van der Waals surface area contributed by atoms with Crippen molar-refractivity contribution in [3.05, 3.63) is 0 Å². The third kappa shape index (κ3) is 4.34. The maximum atomic E-state index is 10.9. The minimum Gasteiger partial charge on any atom is -0.286 e. The molecular formula is C9H19NO2. The maximum absolute atomic E-state index is 10.9. The van der Waals surface area contributed by atoms with Crippen LogP contribution >= 0.6 is 0 Å². The lowest BCUT2D eigenvalue weighted by Crippen LogP contribution is -2.28. The summed E-state index contributed by atoms with van der Waals surface area (Å²) in [6.45, 7) is 6.43. The van der Waals surface area contributed by atoms with Crippen molar-refractivity contribution in [2.24, 2.45) is 5.92 Å². The Balaban J connectivity index is 3.56. The SMILES string of the molecule is CCC(=O)N(O)CCC(C)CC. The van der Waals surface area contributed by atoms with Gasteiger partial charge in [0, 0.05) is 13.0 Å². The van der Waals surface area contributed by atoms with Crippen LogP contribution in [0.1, 0.15) is 40.0 Å². The second-order valence-corrected chi connectivity index (χ2v) is 3.17. The highest BCUT2D eigenvalue weighted by molar-refractivity contribution is 5.74. The smallest absolute Gasteiger partial charge is 0.245 e. The van der Waals surface area contributed by atoms with E-state index in [0.29, 0.717) is 18.9 Å². The molecular weight excluding hydrogens is 154 g/mol. The van der Waals surface area contributed by atoms with Gasteiger partial charge in [-0.2, -0.15) is 0 Å². The highest BCUT2D eigenvalue weighted by Gasteiger charge is 2.08. The highest BCUT2D eigenvalue weighted by atomic mass is 16.5. The average Bonchev–Trinajstić information content (AvgIpc) is 2.11. The molecule has 0 aromatic carbocycles. The Morgan fingerprint density at radius 2 is 2.08 bits per heavy atom. The molecule has 3 nitrogen and oxygen atoms in total. The molecule has 0 aliphatic carbocycles. The second kappa shape index (κ2) is 6.00. The first-order valence-electron chi connectivity index (χ1n) is 4.61. The minimum absolute atomic E-state index is 0.196. The molecule has 0 aliphatic rings. The van der Waals surface area contributed by atoms with Crippen LogP contribution in [0.5, 0.6) is 0 Å². The first-order chi connectivity index (χ1) is 5.61. The molecule has 0 spiro atoms. The summed E-state index contributed by atoms with van der Waals surface area (Å²) < 4.78 is 0. The van der Waals surface area contributed by atoms with E-state index in [1.165, 1.54) is 0 Å². The van der Waals surface area contributed by atoms with Gasteiger partial charge < -0.3 is 0 Å². The van der Waals surface area contributed by atoms with E-state index in [1.807, 2.05) is 0 Å². The normalized spacial score (nSPS) is 12.7. The van der Waals surface area contributed by atoms with Gasteiger partial charge >= 0.3 is 0 Å². The molecule has 0 fully saturated rings. The molecule has 12 heavy (non-hydrogen) atoms.